The second kappa shape index (κ2) is 7.79. The highest BCUT2D eigenvalue weighted by Gasteiger charge is 2.22. The van der Waals surface area contributed by atoms with Gasteiger partial charge in [-0.2, -0.15) is 0 Å². The Kier molecular flexibility index (Phi) is 6.04. The van der Waals surface area contributed by atoms with Crippen LogP contribution in [0.25, 0.3) is 0 Å². The van der Waals surface area contributed by atoms with Crippen molar-refractivity contribution < 1.29 is 4.79 Å². The molecule has 1 aromatic heterocycles. The highest BCUT2D eigenvalue weighted by Crippen LogP contribution is 2.23. The van der Waals surface area contributed by atoms with Crippen molar-refractivity contribution in [3.8, 4) is 0 Å². The van der Waals surface area contributed by atoms with E-state index in [1.165, 1.54) is 25.7 Å². The number of nitrogens with zero attached hydrogens (tertiary/aromatic N) is 1. The van der Waals surface area contributed by atoms with Gasteiger partial charge in [0, 0.05) is 17.3 Å². The molecule has 1 amide bonds. The summed E-state index contributed by atoms with van der Waals surface area (Å²) < 4.78 is 0. The van der Waals surface area contributed by atoms with Crippen LogP contribution in [0.15, 0.2) is 12.1 Å². The number of aryl methyl sites for hydroxylation is 1. The minimum absolute atomic E-state index is 0.0181. The van der Waals surface area contributed by atoms with Crippen LogP contribution < -0.4 is 5.32 Å². The zero-order chi connectivity index (χ0) is 15.2. The van der Waals surface area contributed by atoms with Crippen LogP contribution >= 0.6 is 11.6 Å². The largest absolute Gasteiger partial charge is 0.349 e. The highest BCUT2D eigenvalue weighted by molar-refractivity contribution is 6.29. The number of rotatable bonds is 4. The Labute approximate surface area is 132 Å². The van der Waals surface area contributed by atoms with E-state index in [4.69, 9.17) is 11.6 Å². The van der Waals surface area contributed by atoms with Crippen LogP contribution in [-0.4, -0.2) is 16.9 Å². The molecule has 3 nitrogen and oxygen atoms in total. The molecule has 2 unspecified atom stereocenters. The molecule has 1 aromatic rings. The number of carbonyl (C=O) groups is 1. The van der Waals surface area contributed by atoms with Crippen molar-refractivity contribution in [1.29, 1.82) is 0 Å². The van der Waals surface area contributed by atoms with Crippen LogP contribution in [0.5, 0.6) is 0 Å². The summed E-state index contributed by atoms with van der Waals surface area (Å²) in [6.07, 6.45) is 7.87. The summed E-state index contributed by atoms with van der Waals surface area (Å²) >= 11 is 6.04. The molecule has 0 aromatic carbocycles. The van der Waals surface area contributed by atoms with Crippen molar-refractivity contribution >= 4 is 17.5 Å². The molecule has 0 saturated heterocycles. The van der Waals surface area contributed by atoms with Gasteiger partial charge in [0.1, 0.15) is 5.15 Å². The predicted octanol–water partition coefficient (Wildman–Crippen LogP) is 4.39. The normalized spacial score (nSPS) is 22.6. The Bertz CT molecular complexity index is 490. The molecule has 21 heavy (non-hydrogen) atoms. The van der Waals surface area contributed by atoms with Gasteiger partial charge >= 0.3 is 0 Å². The third-order valence-corrected chi connectivity index (χ3v) is 4.49. The second-order valence-corrected chi connectivity index (χ2v) is 6.50. The van der Waals surface area contributed by atoms with Gasteiger partial charge in [-0.05, 0) is 37.3 Å². The molecule has 4 heteroatoms. The molecular formula is C17H25ClN2O. The average molecular weight is 309 g/mol. The molecule has 1 N–H and O–H groups in total. The summed E-state index contributed by atoms with van der Waals surface area (Å²) in [6.45, 7) is 4.33. The van der Waals surface area contributed by atoms with Crippen LogP contribution in [0, 0.1) is 5.92 Å². The van der Waals surface area contributed by atoms with Gasteiger partial charge in [0.2, 0.25) is 0 Å². The molecule has 0 aliphatic heterocycles. The number of hydrogen-bond acceptors (Lipinski definition) is 2. The number of amides is 1. The number of nitrogens with one attached hydrogen (secondary N) is 1. The van der Waals surface area contributed by atoms with Gasteiger partial charge in [-0.15, -0.1) is 0 Å². The Hall–Kier alpha value is -1.09. The molecule has 0 spiro atoms. The molecular weight excluding hydrogens is 284 g/mol. The SMILES string of the molecule is CCCc1cc(C(=O)NC2CCCCCC2C)cc(Cl)n1. The topological polar surface area (TPSA) is 42.0 Å². The molecule has 1 aliphatic carbocycles. The highest BCUT2D eigenvalue weighted by atomic mass is 35.5. The van der Waals surface area contributed by atoms with Gasteiger partial charge in [-0.1, -0.05) is 51.1 Å². The lowest BCUT2D eigenvalue weighted by molar-refractivity contribution is 0.0921. The lowest BCUT2D eigenvalue weighted by atomic mass is 9.96. The van der Waals surface area contributed by atoms with Gasteiger partial charge in [0.15, 0.2) is 0 Å². The number of carbonyl (C=O) groups excluding carboxylic acids is 1. The van der Waals surface area contributed by atoms with E-state index >= 15 is 0 Å². The summed E-state index contributed by atoms with van der Waals surface area (Å²) in [4.78, 5) is 16.8. The number of aromatic nitrogens is 1. The maximum atomic E-state index is 12.5. The Morgan fingerprint density at radius 3 is 2.86 bits per heavy atom. The van der Waals surface area contributed by atoms with Crippen molar-refractivity contribution in [1.82, 2.24) is 10.3 Å². The standard InChI is InChI=1S/C17H25ClN2O/c1-3-7-14-10-13(11-16(18)19-14)17(21)20-15-9-6-4-5-8-12(15)2/h10-12,15H,3-9H2,1-2H3,(H,20,21). The fraction of sp³-hybridized carbons (Fsp3) is 0.647. The second-order valence-electron chi connectivity index (χ2n) is 6.12. The molecule has 1 heterocycles. The van der Waals surface area contributed by atoms with E-state index in [0.29, 0.717) is 16.6 Å². The average Bonchev–Trinajstić information content (AvgIpc) is 2.64. The smallest absolute Gasteiger partial charge is 0.251 e. The van der Waals surface area contributed by atoms with E-state index in [-0.39, 0.29) is 11.9 Å². The molecule has 2 rings (SSSR count). The van der Waals surface area contributed by atoms with Crippen molar-refractivity contribution in [2.45, 2.75) is 64.8 Å². The summed E-state index contributed by atoms with van der Waals surface area (Å²) in [5.74, 6) is 0.527. The number of hydrogen-bond donors (Lipinski definition) is 1. The lowest BCUT2D eigenvalue weighted by Crippen LogP contribution is -2.38. The summed E-state index contributed by atoms with van der Waals surface area (Å²) in [5.41, 5.74) is 1.53. The van der Waals surface area contributed by atoms with Crippen molar-refractivity contribution in [3.63, 3.8) is 0 Å². The van der Waals surface area contributed by atoms with E-state index in [0.717, 1.165) is 25.0 Å². The molecule has 1 fully saturated rings. The Morgan fingerprint density at radius 2 is 2.10 bits per heavy atom. The first-order chi connectivity index (χ1) is 10.1. The zero-order valence-corrected chi connectivity index (χ0v) is 13.7. The third-order valence-electron chi connectivity index (χ3n) is 4.29. The quantitative estimate of drug-likeness (QED) is 0.662. The molecule has 1 aliphatic rings. The van der Waals surface area contributed by atoms with Gasteiger partial charge in [-0.25, -0.2) is 4.98 Å². The Morgan fingerprint density at radius 1 is 1.33 bits per heavy atom. The van der Waals surface area contributed by atoms with Crippen LogP contribution in [0.1, 0.15) is 68.4 Å². The first-order valence-electron chi connectivity index (χ1n) is 8.07. The summed E-state index contributed by atoms with van der Waals surface area (Å²) in [5, 5.41) is 3.60. The third kappa shape index (κ3) is 4.70. The van der Waals surface area contributed by atoms with Crippen LogP contribution in [0.3, 0.4) is 0 Å². The van der Waals surface area contributed by atoms with Crippen molar-refractivity contribution in [2.75, 3.05) is 0 Å². The number of halogens is 1. The monoisotopic (exact) mass is 308 g/mol. The number of pyridine rings is 1. The maximum Gasteiger partial charge on any atom is 0.251 e. The lowest BCUT2D eigenvalue weighted by Gasteiger charge is -2.23. The fourth-order valence-corrected chi connectivity index (χ4v) is 3.25. The molecule has 0 radical (unpaired) electrons. The van der Waals surface area contributed by atoms with Gasteiger partial charge in [-0.3, -0.25) is 4.79 Å². The van der Waals surface area contributed by atoms with Crippen LogP contribution in [-0.2, 0) is 6.42 Å². The van der Waals surface area contributed by atoms with Gasteiger partial charge in [0.05, 0.1) is 0 Å². The summed E-state index contributed by atoms with van der Waals surface area (Å²) in [6, 6.07) is 3.81. The van der Waals surface area contributed by atoms with Gasteiger partial charge in [0.25, 0.3) is 5.91 Å². The van der Waals surface area contributed by atoms with Crippen molar-refractivity contribution in [3.05, 3.63) is 28.5 Å². The predicted molar refractivity (Wildman–Crippen MR) is 86.7 cm³/mol. The van der Waals surface area contributed by atoms with Crippen LogP contribution in [0.2, 0.25) is 5.15 Å². The minimum Gasteiger partial charge on any atom is -0.349 e. The van der Waals surface area contributed by atoms with Crippen molar-refractivity contribution in [2.24, 2.45) is 5.92 Å². The first-order valence-corrected chi connectivity index (χ1v) is 8.45. The maximum absolute atomic E-state index is 12.5. The molecule has 2 atom stereocenters. The van der Waals surface area contributed by atoms with E-state index in [1.807, 2.05) is 6.07 Å². The zero-order valence-electron chi connectivity index (χ0n) is 13.0. The van der Waals surface area contributed by atoms with E-state index in [2.05, 4.69) is 24.1 Å². The first kappa shape index (κ1) is 16.3. The van der Waals surface area contributed by atoms with Gasteiger partial charge < -0.3 is 5.32 Å². The summed E-state index contributed by atoms with van der Waals surface area (Å²) in [7, 11) is 0. The molecule has 116 valence electrons. The minimum atomic E-state index is -0.0181. The fourth-order valence-electron chi connectivity index (χ4n) is 3.03. The van der Waals surface area contributed by atoms with Crippen LogP contribution in [0.4, 0.5) is 0 Å². The van der Waals surface area contributed by atoms with E-state index in [9.17, 15) is 4.79 Å². The van der Waals surface area contributed by atoms with E-state index in [1.54, 1.807) is 6.07 Å². The molecule has 1 saturated carbocycles. The Balaban J connectivity index is 2.08. The van der Waals surface area contributed by atoms with E-state index < -0.39 is 0 Å². The molecule has 0 bridgehead atoms.